The second kappa shape index (κ2) is 3.72. The van der Waals surface area contributed by atoms with Gasteiger partial charge < -0.3 is 0 Å². The Labute approximate surface area is 44.9 Å². The summed E-state index contributed by atoms with van der Waals surface area (Å²) in [6.45, 7) is 1.95. The van der Waals surface area contributed by atoms with E-state index in [1.807, 2.05) is 6.92 Å². The minimum atomic E-state index is -1.01. The van der Waals surface area contributed by atoms with Crippen molar-refractivity contribution in [2.75, 3.05) is 6.16 Å². The van der Waals surface area contributed by atoms with Crippen molar-refractivity contribution in [3.8, 4) is 0 Å². The minimum absolute atomic E-state index is 0.866. The molecule has 1 nitrogen and oxygen atoms in total. The summed E-state index contributed by atoms with van der Waals surface area (Å²) in [5.74, 6) is 0. The van der Waals surface area contributed by atoms with Crippen molar-refractivity contribution < 1.29 is 4.21 Å². The Kier molecular flexibility index (Phi) is 4.06. The van der Waals surface area contributed by atoms with E-state index in [4.69, 9.17) is 0 Å². The molecule has 0 radical (unpaired) electrons. The van der Waals surface area contributed by atoms with Crippen LogP contribution in [0.15, 0.2) is 0 Å². The first-order valence-electron chi connectivity index (χ1n) is 1.54. The van der Waals surface area contributed by atoms with Gasteiger partial charge in [-0.15, -0.1) is 0 Å². The zero-order valence-corrected chi connectivity index (χ0v) is 5.91. The van der Waals surface area contributed by atoms with E-state index in [9.17, 15) is 4.21 Å². The van der Waals surface area contributed by atoms with Crippen LogP contribution in [0.1, 0.15) is 6.92 Å². The van der Waals surface area contributed by atoms with Gasteiger partial charge >= 0.3 is 0 Å². The molecule has 0 amide bonds. The first-order valence-corrected chi connectivity index (χ1v) is 5.30. The molecule has 0 aliphatic rings. The van der Waals surface area contributed by atoms with Crippen LogP contribution in [0.5, 0.6) is 0 Å². The molecular formula is C2H5OPS2. The molecule has 0 fully saturated rings. The fourth-order valence-corrected chi connectivity index (χ4v) is 1.90. The lowest BCUT2D eigenvalue weighted by molar-refractivity contribution is 0.701. The van der Waals surface area contributed by atoms with Crippen molar-refractivity contribution in [2.24, 2.45) is 0 Å². The summed E-state index contributed by atoms with van der Waals surface area (Å²) in [7, 11) is -0.144. The third kappa shape index (κ3) is 4.54. The van der Waals surface area contributed by atoms with Gasteiger partial charge in [-0.3, -0.25) is 0 Å². The Morgan fingerprint density at radius 2 is 2.50 bits per heavy atom. The van der Waals surface area contributed by atoms with Crippen molar-refractivity contribution in [1.82, 2.24) is 0 Å². The predicted molar refractivity (Wildman–Crippen MR) is 33.0 cm³/mol. The van der Waals surface area contributed by atoms with Crippen LogP contribution >= 0.6 is 7.36 Å². The highest BCUT2D eigenvalue weighted by atomic mass is 32.9. The van der Waals surface area contributed by atoms with Gasteiger partial charge in [0.15, 0.2) is 0 Å². The van der Waals surface area contributed by atoms with Crippen LogP contribution in [0.2, 0.25) is 0 Å². The zero-order valence-electron chi connectivity index (χ0n) is 3.38. The number of hydrogen-bond acceptors (Lipinski definition) is 2. The van der Waals surface area contributed by atoms with Gasteiger partial charge in [0, 0.05) is 18.5 Å². The normalized spacial score (nSPS) is 8.83. The topological polar surface area (TPSA) is 17.1 Å². The summed E-state index contributed by atoms with van der Waals surface area (Å²) >= 11 is 4.34. The van der Waals surface area contributed by atoms with Crippen molar-refractivity contribution in [1.29, 1.82) is 0 Å². The van der Waals surface area contributed by atoms with E-state index in [-0.39, 0.29) is 0 Å². The Morgan fingerprint density at radius 3 is 2.50 bits per heavy atom. The average molecular weight is 140 g/mol. The molecule has 0 N–H and O–H groups in total. The third-order valence-corrected chi connectivity index (χ3v) is 3.06. The molecule has 0 aromatic carbocycles. The lowest BCUT2D eigenvalue weighted by Gasteiger charge is -1.58. The largest absolute Gasteiger partial charge is 0.209 e. The van der Waals surface area contributed by atoms with Crippen molar-refractivity contribution in [2.45, 2.75) is 6.92 Å². The molecule has 0 aromatic rings. The first-order chi connectivity index (χ1) is 2.77. The maximum Gasteiger partial charge on any atom is 0.0954 e. The van der Waals surface area contributed by atoms with Crippen molar-refractivity contribution >= 4 is 27.1 Å². The van der Waals surface area contributed by atoms with E-state index < -0.39 is 8.54 Å². The lowest BCUT2D eigenvalue weighted by Crippen LogP contribution is -1.46. The van der Waals surface area contributed by atoms with Gasteiger partial charge in [0.25, 0.3) is 0 Å². The standard InChI is InChI=1S/C2H5OPS2/c1-2-4-6(3)5/h2H2,1H3. The molecule has 0 aliphatic heterocycles. The van der Waals surface area contributed by atoms with Crippen molar-refractivity contribution in [3.05, 3.63) is 0 Å². The highest BCUT2D eigenvalue weighted by Crippen LogP contribution is 1.88. The minimum Gasteiger partial charge on any atom is -0.209 e. The van der Waals surface area contributed by atoms with E-state index in [1.165, 1.54) is 0 Å². The predicted octanol–water partition coefficient (Wildman–Crippen LogP) is 1.08. The fourth-order valence-electron chi connectivity index (χ4n) is 0.105. The quantitative estimate of drug-likeness (QED) is 0.507. The third-order valence-electron chi connectivity index (χ3n) is 0.235. The molecule has 0 aliphatic carbocycles. The van der Waals surface area contributed by atoms with E-state index >= 15 is 0 Å². The second-order valence-corrected chi connectivity index (χ2v) is 5.41. The van der Waals surface area contributed by atoms with Gasteiger partial charge in [-0.05, 0) is 6.16 Å². The van der Waals surface area contributed by atoms with Gasteiger partial charge in [-0.1, -0.05) is 6.92 Å². The smallest absolute Gasteiger partial charge is 0.0954 e. The van der Waals surface area contributed by atoms with Crippen LogP contribution in [0.3, 0.4) is 0 Å². The van der Waals surface area contributed by atoms with E-state index in [1.54, 1.807) is 0 Å². The Hall–Kier alpha value is 0.540. The number of rotatable bonds is 1. The van der Waals surface area contributed by atoms with Crippen LogP contribution in [-0.2, 0) is 19.7 Å². The highest BCUT2D eigenvalue weighted by Gasteiger charge is 1.59. The summed E-state index contributed by atoms with van der Waals surface area (Å²) in [6.07, 6.45) is 0.899. The SMILES string of the molecule is CCP=S(=O)=S. The monoisotopic (exact) mass is 140 g/mol. The molecule has 0 unspecified atom stereocenters. The highest BCUT2D eigenvalue weighted by molar-refractivity contribution is 8.35. The fraction of sp³-hybridized carbons (Fsp3) is 1.00. The molecule has 0 saturated heterocycles. The molecule has 0 bridgehead atoms. The molecule has 0 saturated carbocycles. The van der Waals surface area contributed by atoms with Crippen LogP contribution in [0.25, 0.3) is 0 Å². The zero-order chi connectivity index (χ0) is 4.99. The molecule has 0 aromatic heterocycles. The van der Waals surface area contributed by atoms with Crippen LogP contribution in [-0.4, -0.2) is 10.4 Å². The summed E-state index contributed by atoms with van der Waals surface area (Å²) < 4.78 is 9.96. The molecule has 0 spiro atoms. The van der Waals surface area contributed by atoms with Gasteiger partial charge in [0.05, 0.1) is 8.54 Å². The molecule has 4 heteroatoms. The molecule has 36 valence electrons. The summed E-state index contributed by atoms with van der Waals surface area (Å²) in [6, 6.07) is 0. The van der Waals surface area contributed by atoms with Gasteiger partial charge in [0.1, 0.15) is 0 Å². The first kappa shape index (κ1) is 6.54. The summed E-state index contributed by atoms with van der Waals surface area (Å²) in [5.41, 5.74) is 0. The van der Waals surface area contributed by atoms with Crippen LogP contribution < -0.4 is 0 Å². The molecule has 0 rings (SSSR count). The Morgan fingerprint density at radius 1 is 2.00 bits per heavy atom. The van der Waals surface area contributed by atoms with E-state index in [0.717, 1.165) is 13.5 Å². The van der Waals surface area contributed by atoms with Crippen LogP contribution in [0.4, 0.5) is 0 Å². The number of hydrogen-bond donors (Lipinski definition) is 0. The second-order valence-electron chi connectivity index (χ2n) is 0.662. The summed E-state index contributed by atoms with van der Waals surface area (Å²) in [5, 5.41) is 0. The van der Waals surface area contributed by atoms with Crippen molar-refractivity contribution in [3.63, 3.8) is 0 Å². The maximum absolute atomic E-state index is 9.96. The van der Waals surface area contributed by atoms with E-state index in [0.29, 0.717) is 0 Å². The maximum atomic E-state index is 9.96. The molecule has 0 atom stereocenters. The summed E-state index contributed by atoms with van der Waals surface area (Å²) in [4.78, 5) is 0. The lowest BCUT2D eigenvalue weighted by atomic mass is 11.0. The molecule has 0 heterocycles. The van der Waals surface area contributed by atoms with E-state index in [2.05, 4.69) is 11.2 Å². The van der Waals surface area contributed by atoms with Gasteiger partial charge in [-0.2, -0.15) is 0 Å². The Bertz CT molecular complexity index is 126. The Balaban J connectivity index is 3.78. The molecular weight excluding hydrogens is 135 g/mol. The van der Waals surface area contributed by atoms with Crippen LogP contribution in [0, 0.1) is 0 Å². The van der Waals surface area contributed by atoms with Gasteiger partial charge in [-0.25, -0.2) is 4.21 Å². The molecule has 6 heavy (non-hydrogen) atoms. The average Bonchev–Trinajstić information content (AvgIpc) is 1.35. The van der Waals surface area contributed by atoms with Gasteiger partial charge in [0.2, 0.25) is 0 Å².